The molecule has 0 saturated heterocycles. The minimum atomic E-state index is -0.504. The van der Waals surface area contributed by atoms with Crippen molar-refractivity contribution < 1.29 is 9.85 Å². The monoisotopic (exact) mass is 250 g/mol. The lowest BCUT2D eigenvalue weighted by atomic mass is 9.83. The van der Waals surface area contributed by atoms with Crippen LogP contribution < -0.4 is 0 Å². The van der Waals surface area contributed by atoms with E-state index in [4.69, 9.17) is 0 Å². The standard InChI is InChI=1S/C12H14N2O4/c15-13(16)10-6-7-12(14(17)18)11(8-10)9-4-2-1-3-5-9/h6-9H,1-5H2. The van der Waals surface area contributed by atoms with Crippen molar-refractivity contribution in [2.75, 3.05) is 0 Å². The van der Waals surface area contributed by atoms with E-state index in [1.807, 2.05) is 0 Å². The molecule has 1 fully saturated rings. The molecule has 2 rings (SSSR count). The maximum atomic E-state index is 11.0. The van der Waals surface area contributed by atoms with Gasteiger partial charge in [0, 0.05) is 23.8 Å². The Morgan fingerprint density at radius 1 is 1.00 bits per heavy atom. The van der Waals surface area contributed by atoms with Gasteiger partial charge in [0.05, 0.1) is 9.85 Å². The van der Waals surface area contributed by atoms with Gasteiger partial charge in [-0.15, -0.1) is 0 Å². The Hall–Kier alpha value is -1.98. The van der Waals surface area contributed by atoms with Crippen LogP contribution in [0.1, 0.15) is 43.6 Å². The molecule has 1 saturated carbocycles. The van der Waals surface area contributed by atoms with Gasteiger partial charge in [-0.1, -0.05) is 19.3 Å². The van der Waals surface area contributed by atoms with Crippen LogP contribution in [0.5, 0.6) is 0 Å². The fraction of sp³-hybridized carbons (Fsp3) is 0.500. The van der Waals surface area contributed by atoms with Crippen molar-refractivity contribution in [2.45, 2.75) is 38.0 Å². The van der Waals surface area contributed by atoms with E-state index in [9.17, 15) is 20.2 Å². The average molecular weight is 250 g/mol. The molecule has 0 spiro atoms. The maximum Gasteiger partial charge on any atom is 0.273 e. The summed E-state index contributed by atoms with van der Waals surface area (Å²) < 4.78 is 0. The number of nitro benzene ring substituents is 2. The van der Waals surface area contributed by atoms with Crippen LogP contribution in [0, 0.1) is 20.2 Å². The topological polar surface area (TPSA) is 86.3 Å². The number of nitrogens with zero attached hydrogens (tertiary/aromatic N) is 2. The van der Waals surface area contributed by atoms with Gasteiger partial charge in [0.15, 0.2) is 0 Å². The second-order valence-corrected chi connectivity index (χ2v) is 4.59. The molecule has 18 heavy (non-hydrogen) atoms. The molecule has 1 aromatic carbocycles. The Labute approximate surface area is 104 Å². The first kappa shape index (κ1) is 12.5. The normalized spacial score (nSPS) is 16.4. The highest BCUT2D eigenvalue weighted by atomic mass is 16.6. The van der Waals surface area contributed by atoms with Crippen molar-refractivity contribution in [3.8, 4) is 0 Å². The summed E-state index contributed by atoms with van der Waals surface area (Å²) in [5.41, 5.74) is 0.461. The molecular formula is C12H14N2O4. The Morgan fingerprint density at radius 3 is 2.22 bits per heavy atom. The average Bonchev–Trinajstić information content (AvgIpc) is 2.39. The van der Waals surface area contributed by atoms with Crippen molar-refractivity contribution in [2.24, 2.45) is 0 Å². The van der Waals surface area contributed by atoms with Crippen LogP contribution in [-0.2, 0) is 0 Å². The lowest BCUT2D eigenvalue weighted by Gasteiger charge is -2.21. The third-order valence-corrected chi connectivity index (χ3v) is 3.46. The predicted molar refractivity (Wildman–Crippen MR) is 65.6 cm³/mol. The number of nitro groups is 2. The minimum Gasteiger partial charge on any atom is -0.258 e. The predicted octanol–water partition coefficient (Wildman–Crippen LogP) is 3.55. The number of rotatable bonds is 3. The molecule has 0 radical (unpaired) electrons. The summed E-state index contributed by atoms with van der Waals surface area (Å²) in [6.45, 7) is 0. The molecule has 6 nitrogen and oxygen atoms in total. The third kappa shape index (κ3) is 2.47. The molecule has 1 aliphatic carbocycles. The van der Waals surface area contributed by atoms with Crippen molar-refractivity contribution in [3.05, 3.63) is 44.0 Å². The quantitative estimate of drug-likeness (QED) is 0.606. The highest BCUT2D eigenvalue weighted by Crippen LogP contribution is 2.38. The van der Waals surface area contributed by atoms with E-state index in [0.29, 0.717) is 5.56 Å². The summed E-state index contributed by atoms with van der Waals surface area (Å²) in [5, 5.41) is 21.7. The van der Waals surface area contributed by atoms with E-state index in [1.165, 1.54) is 18.2 Å². The van der Waals surface area contributed by atoms with Gasteiger partial charge >= 0.3 is 0 Å². The first-order valence-corrected chi connectivity index (χ1v) is 6.02. The molecule has 0 heterocycles. The van der Waals surface area contributed by atoms with Gasteiger partial charge in [0.2, 0.25) is 0 Å². The number of hydrogen-bond donors (Lipinski definition) is 0. The molecule has 0 aromatic heterocycles. The summed E-state index contributed by atoms with van der Waals surface area (Å²) in [7, 11) is 0. The smallest absolute Gasteiger partial charge is 0.258 e. The van der Waals surface area contributed by atoms with E-state index >= 15 is 0 Å². The summed E-state index contributed by atoms with van der Waals surface area (Å²) in [6, 6.07) is 3.82. The molecular weight excluding hydrogens is 236 g/mol. The van der Waals surface area contributed by atoms with Crippen LogP contribution in [0.2, 0.25) is 0 Å². The second kappa shape index (κ2) is 5.12. The number of benzene rings is 1. The SMILES string of the molecule is O=[N+]([O-])c1ccc([N+](=O)[O-])c(C2CCCCC2)c1. The fourth-order valence-corrected chi connectivity index (χ4v) is 2.56. The van der Waals surface area contributed by atoms with Crippen LogP contribution in [0.3, 0.4) is 0 Å². The van der Waals surface area contributed by atoms with Gasteiger partial charge in [-0.3, -0.25) is 20.2 Å². The first-order valence-electron chi connectivity index (χ1n) is 6.02. The molecule has 1 aliphatic rings. The molecule has 0 aliphatic heterocycles. The second-order valence-electron chi connectivity index (χ2n) is 4.59. The Balaban J connectivity index is 2.42. The highest BCUT2D eigenvalue weighted by molar-refractivity contribution is 5.50. The van der Waals surface area contributed by atoms with E-state index in [0.717, 1.165) is 32.1 Å². The highest BCUT2D eigenvalue weighted by Gasteiger charge is 2.26. The van der Waals surface area contributed by atoms with Crippen LogP contribution >= 0.6 is 0 Å². The summed E-state index contributed by atoms with van der Waals surface area (Å²) in [4.78, 5) is 20.8. The zero-order valence-corrected chi connectivity index (χ0v) is 9.87. The molecule has 1 aromatic rings. The van der Waals surface area contributed by atoms with Crippen LogP contribution in [0.25, 0.3) is 0 Å². The van der Waals surface area contributed by atoms with Crippen molar-refractivity contribution in [1.82, 2.24) is 0 Å². The van der Waals surface area contributed by atoms with Crippen molar-refractivity contribution in [1.29, 1.82) is 0 Å². The Bertz CT molecular complexity index is 481. The lowest BCUT2D eigenvalue weighted by Crippen LogP contribution is -2.08. The fourth-order valence-electron chi connectivity index (χ4n) is 2.56. The molecule has 6 heteroatoms. The van der Waals surface area contributed by atoms with Crippen LogP contribution in [-0.4, -0.2) is 9.85 Å². The third-order valence-electron chi connectivity index (χ3n) is 3.46. The van der Waals surface area contributed by atoms with E-state index in [-0.39, 0.29) is 17.3 Å². The molecule has 0 bridgehead atoms. The minimum absolute atomic E-state index is 0.00694. The molecule has 0 atom stereocenters. The maximum absolute atomic E-state index is 11.0. The van der Waals surface area contributed by atoms with Crippen LogP contribution in [0.4, 0.5) is 11.4 Å². The van der Waals surface area contributed by atoms with Gasteiger partial charge in [-0.2, -0.15) is 0 Å². The molecule has 0 amide bonds. The van der Waals surface area contributed by atoms with E-state index in [1.54, 1.807) is 0 Å². The first-order chi connectivity index (χ1) is 8.59. The van der Waals surface area contributed by atoms with Crippen LogP contribution in [0.15, 0.2) is 18.2 Å². The number of hydrogen-bond acceptors (Lipinski definition) is 4. The van der Waals surface area contributed by atoms with Gasteiger partial charge < -0.3 is 0 Å². The Morgan fingerprint density at radius 2 is 1.67 bits per heavy atom. The summed E-state index contributed by atoms with van der Waals surface area (Å²) in [5.74, 6) is 0.0825. The van der Waals surface area contributed by atoms with Crippen molar-refractivity contribution >= 4 is 11.4 Å². The van der Waals surface area contributed by atoms with Gasteiger partial charge in [-0.05, 0) is 18.8 Å². The van der Waals surface area contributed by atoms with Gasteiger partial charge in [0.1, 0.15) is 0 Å². The van der Waals surface area contributed by atoms with E-state index in [2.05, 4.69) is 0 Å². The van der Waals surface area contributed by atoms with E-state index < -0.39 is 9.85 Å². The lowest BCUT2D eigenvalue weighted by molar-refractivity contribution is -0.389. The largest absolute Gasteiger partial charge is 0.273 e. The molecule has 0 unspecified atom stereocenters. The zero-order chi connectivity index (χ0) is 13.1. The van der Waals surface area contributed by atoms with Gasteiger partial charge in [0.25, 0.3) is 11.4 Å². The Kier molecular flexibility index (Phi) is 3.55. The molecule has 96 valence electrons. The van der Waals surface area contributed by atoms with Gasteiger partial charge in [-0.25, -0.2) is 0 Å². The summed E-state index contributed by atoms with van der Waals surface area (Å²) >= 11 is 0. The summed E-state index contributed by atoms with van der Waals surface area (Å²) in [6.07, 6.45) is 4.96. The zero-order valence-electron chi connectivity index (χ0n) is 9.87. The molecule has 0 N–H and O–H groups in total. The van der Waals surface area contributed by atoms with Crippen molar-refractivity contribution in [3.63, 3.8) is 0 Å². The number of non-ortho nitro benzene ring substituents is 1.